The summed E-state index contributed by atoms with van der Waals surface area (Å²) in [5.74, 6) is 0.416. The Morgan fingerprint density at radius 1 is 1.07 bits per heavy atom. The second-order valence-electron chi connectivity index (χ2n) is 6.65. The molecular weight excluding hydrogens is 388 g/mol. The smallest absolute Gasteiger partial charge is 0.238 e. The lowest BCUT2D eigenvalue weighted by molar-refractivity contribution is 0.598. The monoisotopic (exact) mass is 408 g/mol. The van der Waals surface area contributed by atoms with Gasteiger partial charge < -0.3 is 5.32 Å². The summed E-state index contributed by atoms with van der Waals surface area (Å²) in [4.78, 5) is 8.95. The maximum absolute atomic E-state index is 11.4. The number of hydrogen-bond donors (Lipinski definition) is 2. The van der Waals surface area contributed by atoms with Crippen LogP contribution in [-0.4, -0.2) is 28.2 Å². The molecule has 0 aliphatic rings. The van der Waals surface area contributed by atoms with E-state index >= 15 is 0 Å². The lowest BCUT2D eigenvalue weighted by atomic mass is 10.1. The van der Waals surface area contributed by atoms with Gasteiger partial charge in [-0.2, -0.15) is 5.10 Å². The van der Waals surface area contributed by atoms with Crippen LogP contribution in [0.1, 0.15) is 13.3 Å². The highest BCUT2D eigenvalue weighted by molar-refractivity contribution is 7.89. The number of nitrogens with one attached hydrogen (secondary N) is 1. The molecule has 2 aromatic heterocycles. The fourth-order valence-electron chi connectivity index (χ4n) is 2.98. The summed E-state index contributed by atoms with van der Waals surface area (Å²) in [5, 5.41) is 13.5. The fourth-order valence-corrected chi connectivity index (χ4v) is 3.50. The number of nitrogens with zero attached hydrogens (tertiary/aromatic N) is 4. The zero-order valence-corrected chi connectivity index (χ0v) is 16.6. The van der Waals surface area contributed by atoms with Crippen molar-refractivity contribution in [3.05, 3.63) is 61.1 Å². The molecule has 0 saturated carbocycles. The average molecular weight is 408 g/mol. The van der Waals surface area contributed by atoms with Crippen molar-refractivity contribution < 1.29 is 8.42 Å². The van der Waals surface area contributed by atoms with Gasteiger partial charge >= 0.3 is 0 Å². The van der Waals surface area contributed by atoms with Crippen molar-refractivity contribution in [2.24, 2.45) is 5.14 Å². The van der Waals surface area contributed by atoms with Gasteiger partial charge in [-0.3, -0.25) is 4.68 Å². The van der Waals surface area contributed by atoms with Gasteiger partial charge in [-0.1, -0.05) is 19.1 Å². The second-order valence-corrected chi connectivity index (χ2v) is 8.22. The highest BCUT2D eigenvalue weighted by atomic mass is 32.2. The largest absolute Gasteiger partial charge is 0.324 e. The third-order valence-corrected chi connectivity index (χ3v) is 5.37. The Bertz CT molecular complexity index is 1270. The van der Waals surface area contributed by atoms with Crippen molar-refractivity contribution in [1.29, 1.82) is 0 Å². The Morgan fingerprint density at radius 3 is 2.59 bits per heavy atom. The Kier molecular flexibility index (Phi) is 4.99. The molecular formula is C20H20N6O2S. The van der Waals surface area contributed by atoms with Gasteiger partial charge in [0.15, 0.2) is 0 Å². The van der Waals surface area contributed by atoms with E-state index in [1.54, 1.807) is 18.3 Å². The molecule has 0 spiro atoms. The number of anilines is 2. The van der Waals surface area contributed by atoms with E-state index in [1.807, 2.05) is 35.3 Å². The normalized spacial score (nSPS) is 11.7. The highest BCUT2D eigenvalue weighted by Gasteiger charge is 2.08. The van der Waals surface area contributed by atoms with Gasteiger partial charge in [-0.05, 0) is 42.3 Å². The van der Waals surface area contributed by atoms with Crippen molar-refractivity contribution in [1.82, 2.24) is 19.7 Å². The Balaban J connectivity index is 1.61. The number of sulfonamides is 1. The Labute approximate surface area is 168 Å². The number of rotatable bonds is 6. The van der Waals surface area contributed by atoms with E-state index in [4.69, 9.17) is 5.14 Å². The van der Waals surface area contributed by atoms with Crippen LogP contribution in [0.2, 0.25) is 0 Å². The highest BCUT2D eigenvalue weighted by Crippen LogP contribution is 2.24. The first-order chi connectivity index (χ1) is 13.9. The molecule has 2 heterocycles. The lowest BCUT2D eigenvalue weighted by Gasteiger charge is -2.07. The predicted molar refractivity (Wildman–Crippen MR) is 112 cm³/mol. The van der Waals surface area contributed by atoms with Crippen molar-refractivity contribution in [2.45, 2.75) is 24.8 Å². The first kappa shape index (κ1) is 19.0. The summed E-state index contributed by atoms with van der Waals surface area (Å²) in [6.07, 6.45) is 6.65. The first-order valence-electron chi connectivity index (χ1n) is 9.12. The molecule has 0 saturated heterocycles. The summed E-state index contributed by atoms with van der Waals surface area (Å²) >= 11 is 0. The quantitative estimate of drug-likeness (QED) is 0.506. The van der Waals surface area contributed by atoms with Crippen LogP contribution >= 0.6 is 0 Å². The van der Waals surface area contributed by atoms with E-state index < -0.39 is 10.0 Å². The molecule has 0 radical (unpaired) electrons. The number of nitrogens with two attached hydrogens (primary N) is 1. The minimum absolute atomic E-state index is 0.0516. The van der Waals surface area contributed by atoms with Gasteiger partial charge in [-0.25, -0.2) is 23.5 Å². The molecule has 9 heteroatoms. The number of benzene rings is 2. The Morgan fingerprint density at radius 2 is 1.86 bits per heavy atom. The number of primary sulfonamides is 1. The third-order valence-electron chi connectivity index (χ3n) is 4.44. The lowest BCUT2D eigenvalue weighted by Crippen LogP contribution is -2.11. The molecule has 0 fully saturated rings. The number of aromatic nitrogens is 4. The van der Waals surface area contributed by atoms with Crippen molar-refractivity contribution in [2.75, 3.05) is 5.32 Å². The maximum Gasteiger partial charge on any atom is 0.238 e. The number of hydrogen-bond acceptors (Lipinski definition) is 6. The summed E-state index contributed by atoms with van der Waals surface area (Å²) in [6, 6.07) is 12.1. The Hall–Kier alpha value is -3.30. The molecule has 0 atom stereocenters. The van der Waals surface area contributed by atoms with Gasteiger partial charge in [0.25, 0.3) is 0 Å². The van der Waals surface area contributed by atoms with Crippen LogP contribution in [0.25, 0.3) is 22.0 Å². The molecule has 3 N–H and O–H groups in total. The van der Waals surface area contributed by atoms with Gasteiger partial charge in [0, 0.05) is 35.6 Å². The van der Waals surface area contributed by atoms with Crippen LogP contribution in [0, 0.1) is 0 Å². The minimum Gasteiger partial charge on any atom is -0.324 e. The van der Waals surface area contributed by atoms with Gasteiger partial charge in [-0.15, -0.1) is 0 Å². The summed E-state index contributed by atoms with van der Waals surface area (Å²) in [7, 11) is -3.72. The van der Waals surface area contributed by atoms with Crippen LogP contribution < -0.4 is 10.5 Å². The predicted octanol–water partition coefficient (Wildman–Crippen LogP) is 3.29. The molecule has 2 aromatic carbocycles. The van der Waals surface area contributed by atoms with Crippen LogP contribution in [0.15, 0.2) is 66.0 Å². The summed E-state index contributed by atoms with van der Waals surface area (Å²) < 4.78 is 24.7. The molecule has 0 amide bonds. The molecule has 0 aliphatic heterocycles. The molecule has 0 unspecified atom stereocenters. The first-order valence-corrected chi connectivity index (χ1v) is 10.7. The molecule has 29 heavy (non-hydrogen) atoms. The number of aryl methyl sites for hydroxylation is 1. The van der Waals surface area contributed by atoms with E-state index in [-0.39, 0.29) is 4.90 Å². The average Bonchev–Trinajstić information content (AvgIpc) is 3.16. The molecule has 8 nitrogen and oxygen atoms in total. The fraction of sp³-hybridized carbons (Fsp3) is 0.150. The number of fused-ring (bicyclic) bond motifs is 1. The zero-order chi connectivity index (χ0) is 20.4. The van der Waals surface area contributed by atoms with E-state index in [0.717, 1.165) is 35.0 Å². The van der Waals surface area contributed by atoms with Gasteiger partial charge in [0.05, 0.1) is 16.6 Å². The van der Waals surface area contributed by atoms with E-state index in [1.165, 1.54) is 12.1 Å². The third kappa shape index (κ3) is 4.25. The molecule has 4 aromatic rings. The van der Waals surface area contributed by atoms with Crippen LogP contribution in [-0.2, 0) is 16.6 Å². The van der Waals surface area contributed by atoms with E-state index in [9.17, 15) is 8.42 Å². The van der Waals surface area contributed by atoms with Crippen LogP contribution in [0.3, 0.4) is 0 Å². The molecule has 148 valence electrons. The van der Waals surface area contributed by atoms with Gasteiger partial charge in [0.2, 0.25) is 16.0 Å². The summed E-state index contributed by atoms with van der Waals surface area (Å²) in [6.45, 7) is 3.00. The molecule has 0 bridgehead atoms. The topological polar surface area (TPSA) is 116 Å². The SMILES string of the molecule is CCCn1cc(-c2ccc3cnc(Nc4ccc(S(N)(=O)=O)cc4)nc3c2)cn1. The molecule has 0 aliphatic carbocycles. The molecule has 4 rings (SSSR count). The minimum atomic E-state index is -3.72. The van der Waals surface area contributed by atoms with Crippen LogP contribution in [0.5, 0.6) is 0 Å². The van der Waals surface area contributed by atoms with Gasteiger partial charge in [0.1, 0.15) is 0 Å². The van der Waals surface area contributed by atoms with E-state index in [2.05, 4.69) is 27.3 Å². The zero-order valence-electron chi connectivity index (χ0n) is 15.8. The standard InChI is InChI=1S/C20H20N6O2S/c1-2-9-26-13-16(12-23-26)14-3-4-15-11-22-20(25-19(15)10-14)24-17-5-7-18(8-6-17)29(21,27)28/h3-8,10-13H,2,9H2,1H3,(H2,21,27,28)(H,22,24,25). The van der Waals surface area contributed by atoms with Crippen molar-refractivity contribution in [3.8, 4) is 11.1 Å². The van der Waals surface area contributed by atoms with Crippen molar-refractivity contribution in [3.63, 3.8) is 0 Å². The van der Waals surface area contributed by atoms with E-state index in [0.29, 0.717) is 11.6 Å². The maximum atomic E-state index is 11.4. The second kappa shape index (κ2) is 7.61. The summed E-state index contributed by atoms with van der Waals surface area (Å²) in [5.41, 5.74) is 3.52. The van der Waals surface area contributed by atoms with Crippen molar-refractivity contribution >= 4 is 32.6 Å². The van der Waals surface area contributed by atoms with Crippen LogP contribution in [0.4, 0.5) is 11.6 Å².